The predicted octanol–water partition coefficient (Wildman–Crippen LogP) is 10.7. The fraction of sp³-hybridized carbons (Fsp3) is 0.692. The summed E-state index contributed by atoms with van der Waals surface area (Å²) < 4.78 is 33.8. The number of carbonyl (C=O) groups excluding carboxylic acids is 6. The number of ether oxygens (including phenoxy) is 6. The summed E-state index contributed by atoms with van der Waals surface area (Å²) in [6, 6.07) is 7.20. The molecule has 1 heterocycles. The highest BCUT2D eigenvalue weighted by molar-refractivity contribution is 8.24. The minimum Gasteiger partial charge on any atom is -0.466 e. The summed E-state index contributed by atoms with van der Waals surface area (Å²) in [7, 11) is 0. The van der Waals surface area contributed by atoms with Crippen LogP contribution < -0.4 is 9.47 Å². The summed E-state index contributed by atoms with van der Waals surface area (Å²) in [5.74, 6) is 0.515. The van der Waals surface area contributed by atoms with Gasteiger partial charge in [-0.3, -0.25) is 28.8 Å². The van der Waals surface area contributed by atoms with E-state index in [4.69, 9.17) is 28.4 Å². The van der Waals surface area contributed by atoms with Crippen LogP contribution in [-0.4, -0.2) is 62.2 Å². The van der Waals surface area contributed by atoms with Crippen LogP contribution >= 0.6 is 23.5 Å². The number of hydrogen-bond donors (Lipinski definition) is 0. The maximum atomic E-state index is 13.7. The normalized spacial score (nSPS) is 25.6. The lowest BCUT2D eigenvalue weighted by atomic mass is 9.69. The van der Waals surface area contributed by atoms with Crippen LogP contribution in [0, 0.1) is 70.0 Å². The fourth-order valence-corrected chi connectivity index (χ4v) is 13.0. The third-order valence-electron chi connectivity index (χ3n) is 14.7. The van der Waals surface area contributed by atoms with Gasteiger partial charge in [0.1, 0.15) is 29.2 Å². The van der Waals surface area contributed by atoms with Crippen LogP contribution in [0.1, 0.15) is 155 Å². The Bertz CT molecular complexity index is 1900. The third kappa shape index (κ3) is 15.0. The Balaban J connectivity index is 0.931. The molecule has 5 aliphatic rings. The van der Waals surface area contributed by atoms with Crippen LogP contribution in [0.25, 0.3) is 0 Å². The zero-order chi connectivity index (χ0) is 48.4. The van der Waals surface area contributed by atoms with E-state index in [-0.39, 0.29) is 65.1 Å². The van der Waals surface area contributed by atoms with Gasteiger partial charge in [0.05, 0.1) is 64.1 Å². The highest BCUT2D eigenvalue weighted by atomic mass is 32.2. The lowest BCUT2D eigenvalue weighted by Crippen LogP contribution is -2.31. The topological polar surface area (TPSA) is 205 Å². The first kappa shape index (κ1) is 52.8. The second-order valence-corrected chi connectivity index (χ2v) is 21.3. The Morgan fingerprint density at radius 3 is 1.06 bits per heavy atom. The average molecular weight is 977 g/mol. The van der Waals surface area contributed by atoms with Crippen molar-refractivity contribution in [3.63, 3.8) is 0 Å². The monoisotopic (exact) mass is 976 g/mol. The van der Waals surface area contributed by atoms with Crippen LogP contribution in [0.2, 0.25) is 0 Å². The van der Waals surface area contributed by atoms with Crippen molar-refractivity contribution >= 4 is 59.3 Å². The first-order valence-corrected chi connectivity index (χ1v) is 26.8. The zero-order valence-electron chi connectivity index (χ0n) is 39.8. The van der Waals surface area contributed by atoms with Crippen molar-refractivity contribution in [2.45, 2.75) is 165 Å². The van der Waals surface area contributed by atoms with Gasteiger partial charge in [0.15, 0.2) is 0 Å². The third-order valence-corrected chi connectivity index (χ3v) is 17.3. The highest BCUT2D eigenvalue weighted by Gasteiger charge is 2.39. The lowest BCUT2D eigenvalue weighted by molar-refractivity contribution is -0.151. The van der Waals surface area contributed by atoms with Crippen LogP contribution in [-0.2, 0) is 47.7 Å². The summed E-state index contributed by atoms with van der Waals surface area (Å²) in [6.45, 7) is 4.86. The van der Waals surface area contributed by atoms with Gasteiger partial charge in [0, 0.05) is 12.8 Å². The van der Waals surface area contributed by atoms with Crippen LogP contribution in [0.3, 0.4) is 0 Å². The molecule has 0 unspecified atom stereocenters. The lowest BCUT2D eigenvalue weighted by Gasteiger charge is -2.36. The molecule has 0 atom stereocenters. The van der Waals surface area contributed by atoms with Crippen molar-refractivity contribution in [3.05, 3.63) is 21.9 Å². The summed E-state index contributed by atoms with van der Waals surface area (Å²) in [5, 5.41) is 19.4. The van der Waals surface area contributed by atoms with Gasteiger partial charge < -0.3 is 28.4 Å². The largest absolute Gasteiger partial charge is 0.466 e. The number of nitrogens with zero attached hydrogens (tertiary/aromatic N) is 2. The fourth-order valence-electron chi connectivity index (χ4n) is 10.6. The van der Waals surface area contributed by atoms with Gasteiger partial charge in [0.2, 0.25) is 0 Å². The van der Waals surface area contributed by atoms with Crippen LogP contribution in [0.4, 0.5) is 0 Å². The number of carbonyl (C=O) groups is 6. The molecule has 1 aromatic carbocycles. The molecule has 4 aliphatic carbocycles. The molecule has 68 heavy (non-hydrogen) atoms. The van der Waals surface area contributed by atoms with E-state index in [1.807, 2.05) is 12.1 Å². The van der Waals surface area contributed by atoms with E-state index in [1.165, 1.54) is 23.5 Å². The van der Waals surface area contributed by atoms with E-state index in [2.05, 4.69) is 0 Å². The molecule has 0 aromatic heterocycles. The summed E-state index contributed by atoms with van der Waals surface area (Å²) in [5.41, 5.74) is -0.0639. The molecule has 1 aliphatic heterocycles. The van der Waals surface area contributed by atoms with Crippen LogP contribution in [0.5, 0.6) is 11.5 Å². The Morgan fingerprint density at radius 2 is 0.765 bits per heavy atom. The molecule has 0 N–H and O–H groups in total. The molecular formula is C52H68N2O12S2. The van der Waals surface area contributed by atoms with E-state index < -0.39 is 0 Å². The number of benzene rings is 1. The molecule has 0 saturated heterocycles. The molecular weight excluding hydrogens is 909 g/mol. The quantitative estimate of drug-likeness (QED) is 0.0392. The number of unbranched alkanes of at least 4 members (excludes halogenated alkanes) is 2. The molecule has 16 heteroatoms. The van der Waals surface area contributed by atoms with Crippen molar-refractivity contribution in [2.75, 3.05) is 26.4 Å². The van der Waals surface area contributed by atoms with Crippen molar-refractivity contribution in [3.8, 4) is 23.6 Å². The second kappa shape index (κ2) is 27.0. The minimum atomic E-state index is -0.320. The maximum Gasteiger partial charge on any atom is 0.314 e. The highest BCUT2D eigenvalue weighted by Crippen LogP contribution is 2.59. The van der Waals surface area contributed by atoms with Gasteiger partial charge in [-0.1, -0.05) is 37.4 Å². The van der Waals surface area contributed by atoms with Crippen molar-refractivity contribution in [2.24, 2.45) is 47.3 Å². The van der Waals surface area contributed by atoms with Gasteiger partial charge in [-0.2, -0.15) is 10.5 Å². The molecule has 4 saturated carbocycles. The number of rotatable bonds is 20. The van der Waals surface area contributed by atoms with Crippen molar-refractivity contribution in [1.29, 1.82) is 10.5 Å². The Kier molecular flexibility index (Phi) is 21.0. The molecule has 6 rings (SSSR count). The van der Waals surface area contributed by atoms with Crippen LogP contribution in [0.15, 0.2) is 31.7 Å². The van der Waals surface area contributed by atoms with E-state index >= 15 is 0 Å². The van der Waals surface area contributed by atoms with E-state index in [1.54, 1.807) is 26.0 Å². The Morgan fingerprint density at radius 1 is 0.471 bits per heavy atom. The van der Waals surface area contributed by atoms with Gasteiger partial charge >= 0.3 is 35.8 Å². The number of allylic oxidation sites excluding steroid dienone is 1. The second-order valence-electron chi connectivity index (χ2n) is 19.0. The molecule has 0 bridgehead atoms. The predicted molar refractivity (Wildman–Crippen MR) is 252 cm³/mol. The van der Waals surface area contributed by atoms with Gasteiger partial charge in [-0.25, -0.2) is 0 Å². The SMILES string of the molecule is CCC(=O)OCCCCOC(=O)C1CCC(C2CCC(C(=O)Oc3ccc(OC(=O)C4CCC(C5CCC(C(=O)OCCCCOC(=O)CC)CC5)CC4)c4c3SC(=C(C#N)C#N)S4)CC2)CC1. The average Bonchev–Trinajstić information content (AvgIpc) is 3.83. The molecule has 0 amide bonds. The molecule has 0 radical (unpaired) electrons. The first-order chi connectivity index (χ1) is 33.0. The Hall–Kier alpha value is -4.54. The standard InChI is InChI=1S/C52H68N2O12S2/c1-3-44(55)61-27-5-7-29-63-48(57)37-17-9-33(10-18-37)35-13-21-39(22-14-35)50(59)65-42-25-26-43(47-46(42)67-52(68-47)41(31-53)32-54)66-51(60)40-23-15-36(16-24-40)34-11-19-38(20-12-34)49(58)64-30-8-6-28-62-45(56)4-2/h25-26,33-40H,3-24,27-30H2,1-2H3. The minimum absolute atomic E-state index is 0.0639. The van der Waals surface area contributed by atoms with Crippen molar-refractivity contribution in [1.82, 2.24) is 0 Å². The maximum absolute atomic E-state index is 13.7. The first-order valence-electron chi connectivity index (χ1n) is 25.2. The summed E-state index contributed by atoms with van der Waals surface area (Å²) in [6.07, 6.45) is 16.8. The summed E-state index contributed by atoms with van der Waals surface area (Å²) in [4.78, 5) is 76.4. The van der Waals surface area contributed by atoms with Gasteiger partial charge in [-0.05, 0) is 164 Å². The Labute approximate surface area is 409 Å². The van der Waals surface area contributed by atoms with E-state index in [9.17, 15) is 39.3 Å². The van der Waals surface area contributed by atoms with E-state index in [0.717, 1.165) is 77.0 Å². The molecule has 1 aromatic rings. The molecule has 0 spiro atoms. The number of hydrogen-bond acceptors (Lipinski definition) is 16. The molecule has 4 fully saturated rings. The van der Waals surface area contributed by atoms with Gasteiger partial charge in [-0.15, -0.1) is 0 Å². The van der Waals surface area contributed by atoms with Crippen molar-refractivity contribution < 1.29 is 57.2 Å². The number of nitriles is 2. The van der Waals surface area contributed by atoms with Gasteiger partial charge in [0.25, 0.3) is 0 Å². The number of esters is 6. The molecule has 14 nitrogen and oxygen atoms in total. The number of fused-ring (bicyclic) bond motifs is 1. The zero-order valence-corrected chi connectivity index (χ0v) is 41.4. The smallest absolute Gasteiger partial charge is 0.314 e. The number of thioether (sulfide) groups is 2. The molecule has 370 valence electrons. The summed E-state index contributed by atoms with van der Waals surface area (Å²) >= 11 is 2.36. The van der Waals surface area contributed by atoms with E-state index in [0.29, 0.717) is 140 Å².